The third-order valence-electron chi connectivity index (χ3n) is 4.89. The quantitative estimate of drug-likeness (QED) is 0.241. The van der Waals surface area contributed by atoms with Gasteiger partial charge in [0.25, 0.3) is 0 Å². The van der Waals surface area contributed by atoms with Crippen molar-refractivity contribution in [1.29, 1.82) is 0 Å². The Labute approximate surface area is 192 Å². The Kier molecular flexibility index (Phi) is 9.03. The Morgan fingerprint density at radius 2 is 1.27 bits per heavy atom. The summed E-state index contributed by atoms with van der Waals surface area (Å²) in [6, 6.07) is 31.7. The van der Waals surface area contributed by atoms with Crippen LogP contribution in [0.15, 0.2) is 91.0 Å². The second-order valence-electron chi connectivity index (χ2n) is 6.82. The van der Waals surface area contributed by atoms with Gasteiger partial charge in [-0.2, -0.15) is 5.56 Å². The molecular weight excluding hydrogens is 490 g/mol. The topological polar surface area (TPSA) is 20.2 Å². The van der Waals surface area contributed by atoms with E-state index in [2.05, 4.69) is 78.9 Å². The Hall–Kier alpha value is -1.57. The maximum absolute atomic E-state index is 8.80. The molecule has 0 amide bonds. The first kappa shape index (κ1) is 23.1. The minimum absolute atomic E-state index is 0.230. The third-order valence-corrected chi connectivity index (χ3v) is 8.55. The van der Waals surface area contributed by atoms with E-state index in [9.17, 15) is 0 Å². The van der Waals surface area contributed by atoms with Gasteiger partial charge in [-0.1, -0.05) is 42.5 Å². The van der Waals surface area contributed by atoms with Crippen LogP contribution in [0.3, 0.4) is 0 Å². The summed E-state index contributed by atoms with van der Waals surface area (Å²) < 4.78 is 1.89. The normalized spacial score (nSPS) is 10.3. The summed E-state index contributed by atoms with van der Waals surface area (Å²) in [7, 11) is 10.7. The van der Waals surface area contributed by atoms with Crippen molar-refractivity contribution >= 4 is 53.1 Å². The van der Waals surface area contributed by atoms with E-state index in [4.69, 9.17) is 22.1 Å². The van der Waals surface area contributed by atoms with Crippen LogP contribution in [0, 0.1) is 0 Å². The first-order valence-corrected chi connectivity index (χ1v) is 17.6. The summed E-state index contributed by atoms with van der Waals surface area (Å²) in [5.41, 5.74) is 1.24. The molecule has 0 aliphatic heterocycles. The maximum Gasteiger partial charge on any atom is 0.0384 e. The van der Waals surface area contributed by atoms with Gasteiger partial charge in [0.15, 0.2) is 0 Å². The molecule has 0 fully saturated rings. The summed E-state index contributed by atoms with van der Waals surface area (Å²) in [4.78, 5) is 0. The van der Waals surface area contributed by atoms with Crippen molar-refractivity contribution < 1.29 is 24.0 Å². The average Bonchev–Trinajstić information content (AvgIpc) is 3.36. The van der Waals surface area contributed by atoms with E-state index in [1.807, 2.05) is 22.8 Å². The number of aliphatic hydroxyl groups is 1. The van der Waals surface area contributed by atoms with Crippen LogP contribution in [-0.4, -0.2) is 15.4 Å². The van der Waals surface area contributed by atoms with Crippen LogP contribution in [-0.2, 0) is 25.3 Å². The molecule has 5 rings (SSSR count). The molecule has 1 nitrogen and oxygen atoms in total. The molecule has 0 bridgehead atoms. The van der Waals surface area contributed by atoms with Crippen LogP contribution < -0.4 is 0 Å². The first-order valence-electron chi connectivity index (χ1n) is 9.88. The Morgan fingerprint density at radius 1 is 0.800 bits per heavy atom. The molecule has 0 unspecified atom stereocenters. The molecule has 0 heterocycles. The summed E-state index contributed by atoms with van der Waals surface area (Å²) in [5.74, 6) is 0. The van der Waals surface area contributed by atoms with Crippen LogP contribution in [0.4, 0.5) is 0 Å². The SMILES string of the molecule is C[CH]=[Zr]([Cl])[Cl].OCCc1c[cH-]c2ccccc12.c1ccc2c(c1)[cH-]c1ccccc12. The monoisotopic (exact) mass is 512 g/mol. The zero-order valence-electron chi connectivity index (χ0n) is 16.9. The van der Waals surface area contributed by atoms with Crippen molar-refractivity contribution in [2.24, 2.45) is 0 Å². The van der Waals surface area contributed by atoms with Crippen molar-refractivity contribution in [2.45, 2.75) is 13.3 Å². The van der Waals surface area contributed by atoms with Gasteiger partial charge in [0, 0.05) is 6.61 Å². The smallest absolute Gasteiger partial charge is 0.0384 e. The molecule has 0 saturated carbocycles. The number of rotatable bonds is 2. The van der Waals surface area contributed by atoms with Gasteiger partial charge in [-0.05, 0) is 6.42 Å². The van der Waals surface area contributed by atoms with Crippen molar-refractivity contribution in [3.05, 3.63) is 96.6 Å². The molecule has 0 radical (unpaired) electrons. The predicted octanol–water partition coefficient (Wildman–Crippen LogP) is 7.54. The van der Waals surface area contributed by atoms with Crippen molar-refractivity contribution in [1.82, 2.24) is 0 Å². The fourth-order valence-electron chi connectivity index (χ4n) is 3.46. The fraction of sp³-hybridized carbons (Fsp3) is 0.115. The molecule has 154 valence electrons. The second-order valence-corrected chi connectivity index (χ2v) is 15.6. The van der Waals surface area contributed by atoms with Crippen LogP contribution in [0.5, 0.6) is 0 Å². The molecule has 0 aromatic heterocycles. The number of aliphatic hydroxyl groups excluding tert-OH is 1. The largest absolute Gasteiger partial charge is 0.397 e. The van der Waals surface area contributed by atoms with Gasteiger partial charge < -0.3 is 5.11 Å². The number of benzene rings is 3. The molecular formula is C26H24Cl2OZr-2. The van der Waals surface area contributed by atoms with Crippen LogP contribution >= 0.6 is 17.0 Å². The first-order chi connectivity index (χ1) is 14.6. The van der Waals surface area contributed by atoms with Gasteiger partial charge in [-0.3, -0.25) is 0 Å². The van der Waals surface area contributed by atoms with Gasteiger partial charge in [0.2, 0.25) is 0 Å². The summed E-state index contributed by atoms with van der Waals surface area (Å²) in [6.45, 7) is 2.13. The summed E-state index contributed by atoms with van der Waals surface area (Å²) in [6.07, 6.45) is 0.757. The minimum atomic E-state index is -1.76. The fourth-order valence-corrected chi connectivity index (χ4v) is 3.46. The predicted molar refractivity (Wildman–Crippen MR) is 131 cm³/mol. The minimum Gasteiger partial charge on any atom is -0.397 e. The second kappa shape index (κ2) is 11.7. The van der Waals surface area contributed by atoms with E-state index >= 15 is 0 Å². The van der Waals surface area contributed by atoms with Gasteiger partial charge in [-0.25, -0.2) is 0 Å². The van der Waals surface area contributed by atoms with Crippen molar-refractivity contribution in [2.75, 3.05) is 6.61 Å². The summed E-state index contributed by atoms with van der Waals surface area (Å²) in [5, 5.41) is 16.7. The van der Waals surface area contributed by atoms with E-state index in [0.717, 1.165) is 6.42 Å². The van der Waals surface area contributed by atoms with E-state index in [-0.39, 0.29) is 6.61 Å². The zero-order valence-corrected chi connectivity index (χ0v) is 20.8. The van der Waals surface area contributed by atoms with Crippen molar-refractivity contribution in [3.8, 4) is 0 Å². The number of hydrogen-bond donors (Lipinski definition) is 1. The Balaban J connectivity index is 0.000000141. The van der Waals surface area contributed by atoms with Crippen molar-refractivity contribution in [3.63, 3.8) is 0 Å². The summed E-state index contributed by atoms with van der Waals surface area (Å²) >= 11 is -1.76. The van der Waals surface area contributed by atoms with E-state index in [1.54, 1.807) is 0 Å². The molecule has 30 heavy (non-hydrogen) atoms. The van der Waals surface area contributed by atoms with Crippen LogP contribution in [0.25, 0.3) is 32.3 Å². The number of fused-ring (bicyclic) bond motifs is 4. The van der Waals surface area contributed by atoms with Crippen LogP contribution in [0.2, 0.25) is 0 Å². The van der Waals surface area contributed by atoms with E-state index in [1.165, 1.54) is 37.9 Å². The molecule has 0 atom stereocenters. The molecule has 5 aromatic carbocycles. The molecule has 5 aromatic rings. The van der Waals surface area contributed by atoms with Gasteiger partial charge in [0.05, 0.1) is 0 Å². The molecule has 0 saturated heterocycles. The van der Waals surface area contributed by atoms with Gasteiger partial charge in [0.1, 0.15) is 0 Å². The van der Waals surface area contributed by atoms with Gasteiger partial charge in [-0.15, -0.1) is 80.8 Å². The van der Waals surface area contributed by atoms with E-state index in [0.29, 0.717) is 0 Å². The molecule has 0 aliphatic carbocycles. The number of hydrogen-bond acceptors (Lipinski definition) is 1. The molecule has 1 N–H and O–H groups in total. The van der Waals surface area contributed by atoms with Gasteiger partial charge >= 0.3 is 46.5 Å². The zero-order chi connectivity index (χ0) is 21.3. The standard InChI is InChI=1S/C13H9.C11H11O.C2H4.2ClH.Zr/c1-3-7-12-10(5-1)9-11-6-2-4-8-13(11)12;12-8-7-10-6-5-9-3-1-2-4-11(9)10;1-2;;;/h1-9H;1-6,12H,7-8H2;1H,2H3;2*1H;/q2*-1;;;;+2/p-2. The average molecular weight is 515 g/mol. The Morgan fingerprint density at radius 3 is 1.77 bits per heavy atom. The van der Waals surface area contributed by atoms with Crippen LogP contribution in [0.1, 0.15) is 12.5 Å². The Bertz CT molecular complexity index is 1200. The molecule has 0 spiro atoms. The molecule has 4 heteroatoms. The third kappa shape index (κ3) is 5.99. The van der Waals surface area contributed by atoms with E-state index < -0.39 is 18.9 Å². The maximum atomic E-state index is 8.80. The molecule has 0 aliphatic rings. The number of halogens is 2.